The van der Waals surface area contributed by atoms with Crippen LogP contribution < -0.4 is 11.2 Å². The number of furan rings is 1. The first kappa shape index (κ1) is 16.9. The van der Waals surface area contributed by atoms with Gasteiger partial charge in [0.05, 0.1) is 17.6 Å². The van der Waals surface area contributed by atoms with Crippen LogP contribution in [0.15, 0.2) is 81.6 Å². The molecular weight excluding hydrogens is 336 g/mol. The molecule has 3 N–H and O–H groups in total. The van der Waals surface area contributed by atoms with Gasteiger partial charge in [-0.25, -0.2) is 10.3 Å². The van der Waals surface area contributed by atoms with E-state index in [0.717, 1.165) is 0 Å². The summed E-state index contributed by atoms with van der Waals surface area (Å²) in [6, 6.07) is 15.9. The number of carbonyl (C=O) groups excluding carboxylic acids is 2. The Kier molecular flexibility index (Phi) is 5.04. The van der Waals surface area contributed by atoms with Gasteiger partial charge < -0.3 is 15.0 Å². The number of hydrogen-bond acceptors (Lipinski definition) is 7. The van der Waals surface area contributed by atoms with Crippen molar-refractivity contribution >= 4 is 28.9 Å². The summed E-state index contributed by atoms with van der Waals surface area (Å²) in [5.74, 6) is -1.03. The number of nitrogens with one attached hydrogen (secondary N) is 1. The van der Waals surface area contributed by atoms with Gasteiger partial charge in [-0.15, -0.1) is 10.2 Å². The molecule has 2 aromatic carbocycles. The molecule has 0 radical (unpaired) electrons. The zero-order chi connectivity index (χ0) is 18.4. The van der Waals surface area contributed by atoms with E-state index in [2.05, 4.69) is 15.7 Å². The number of hydrogen-bond donors (Lipinski definition) is 2. The number of nitrogens with zero attached hydrogens (tertiary/aromatic N) is 2. The van der Waals surface area contributed by atoms with Crippen LogP contribution in [0.5, 0.6) is 0 Å². The van der Waals surface area contributed by atoms with Crippen LogP contribution in [-0.4, -0.2) is 11.9 Å². The summed E-state index contributed by atoms with van der Waals surface area (Å²) in [5.41, 5.74) is 10.0. The molecule has 130 valence electrons. The van der Waals surface area contributed by atoms with E-state index in [4.69, 9.17) is 15.0 Å². The number of azo groups is 1. The van der Waals surface area contributed by atoms with E-state index in [-0.39, 0.29) is 5.76 Å². The summed E-state index contributed by atoms with van der Waals surface area (Å²) in [5, 5.41) is 7.53. The van der Waals surface area contributed by atoms with Gasteiger partial charge in [-0.3, -0.25) is 4.79 Å². The molecule has 1 amide bonds. The summed E-state index contributed by atoms with van der Waals surface area (Å²) >= 11 is 0. The maximum absolute atomic E-state index is 11.9. The first-order valence-electron chi connectivity index (χ1n) is 7.54. The van der Waals surface area contributed by atoms with Crippen LogP contribution >= 0.6 is 0 Å². The first-order valence-corrected chi connectivity index (χ1v) is 7.54. The highest BCUT2D eigenvalue weighted by atomic mass is 16.7. The van der Waals surface area contributed by atoms with Gasteiger partial charge in [-0.05, 0) is 60.7 Å². The van der Waals surface area contributed by atoms with Crippen molar-refractivity contribution in [3.05, 3.63) is 78.3 Å². The summed E-state index contributed by atoms with van der Waals surface area (Å²) in [6.45, 7) is 0. The zero-order valence-corrected chi connectivity index (χ0v) is 13.5. The van der Waals surface area contributed by atoms with E-state index in [9.17, 15) is 9.59 Å². The van der Waals surface area contributed by atoms with Crippen molar-refractivity contribution in [1.29, 1.82) is 0 Å². The summed E-state index contributed by atoms with van der Waals surface area (Å²) in [7, 11) is 0. The SMILES string of the molecule is Nc1ccc(C(=O)N=Nc2ccc(NOC(=O)c3ccco3)cc2)cc1. The van der Waals surface area contributed by atoms with Crippen LogP contribution in [0.3, 0.4) is 0 Å². The van der Waals surface area contributed by atoms with Gasteiger partial charge in [0.1, 0.15) is 0 Å². The second-order valence-corrected chi connectivity index (χ2v) is 5.14. The minimum Gasteiger partial charge on any atom is -0.457 e. The average molecular weight is 350 g/mol. The maximum Gasteiger partial charge on any atom is 0.398 e. The third-order valence-corrected chi connectivity index (χ3v) is 3.27. The predicted octanol–water partition coefficient (Wildman–Crippen LogP) is 3.97. The minimum atomic E-state index is -0.646. The van der Waals surface area contributed by atoms with Crippen LogP contribution in [0.4, 0.5) is 17.1 Å². The number of carbonyl (C=O) groups is 2. The summed E-state index contributed by atoms with van der Waals surface area (Å²) < 4.78 is 4.92. The smallest absolute Gasteiger partial charge is 0.398 e. The molecular formula is C18H14N4O4. The maximum atomic E-state index is 11.9. The predicted molar refractivity (Wildman–Crippen MR) is 93.9 cm³/mol. The topological polar surface area (TPSA) is 119 Å². The lowest BCUT2D eigenvalue weighted by atomic mass is 10.2. The lowest BCUT2D eigenvalue weighted by Gasteiger charge is -2.05. The highest BCUT2D eigenvalue weighted by Crippen LogP contribution is 2.18. The van der Waals surface area contributed by atoms with E-state index in [1.165, 1.54) is 12.3 Å². The van der Waals surface area contributed by atoms with E-state index in [1.807, 2.05) is 0 Å². The Balaban J connectivity index is 1.56. The van der Waals surface area contributed by atoms with Crippen molar-refractivity contribution in [2.75, 3.05) is 11.2 Å². The molecule has 0 aliphatic carbocycles. The molecule has 1 aromatic heterocycles. The normalized spacial score (nSPS) is 10.6. The molecule has 8 nitrogen and oxygen atoms in total. The molecule has 26 heavy (non-hydrogen) atoms. The Morgan fingerprint density at radius 1 is 1.00 bits per heavy atom. The molecule has 0 fully saturated rings. The van der Waals surface area contributed by atoms with Crippen LogP contribution in [0, 0.1) is 0 Å². The van der Waals surface area contributed by atoms with Gasteiger partial charge in [0.25, 0.3) is 5.91 Å². The van der Waals surface area contributed by atoms with Crippen molar-refractivity contribution in [2.24, 2.45) is 10.2 Å². The Bertz CT molecular complexity index is 917. The third-order valence-electron chi connectivity index (χ3n) is 3.27. The quantitative estimate of drug-likeness (QED) is 0.408. The fraction of sp³-hybridized carbons (Fsp3) is 0. The van der Waals surface area contributed by atoms with Crippen LogP contribution in [0.1, 0.15) is 20.9 Å². The Labute approximate surface area is 148 Å². The average Bonchev–Trinajstić information content (AvgIpc) is 3.20. The van der Waals surface area contributed by atoms with Crippen LogP contribution in [-0.2, 0) is 4.84 Å². The fourth-order valence-corrected chi connectivity index (χ4v) is 1.93. The van der Waals surface area contributed by atoms with Crippen molar-refractivity contribution in [3.8, 4) is 0 Å². The Morgan fingerprint density at radius 2 is 1.73 bits per heavy atom. The third kappa shape index (κ3) is 4.32. The van der Waals surface area contributed by atoms with Crippen LogP contribution in [0.25, 0.3) is 0 Å². The summed E-state index contributed by atoms with van der Waals surface area (Å²) in [4.78, 5) is 28.4. The van der Waals surface area contributed by atoms with E-state index in [0.29, 0.717) is 22.6 Å². The number of amides is 1. The molecule has 0 aliphatic heterocycles. The molecule has 3 rings (SSSR count). The number of nitrogen functional groups attached to an aromatic ring is 1. The van der Waals surface area contributed by atoms with Gasteiger partial charge in [0, 0.05) is 11.3 Å². The molecule has 0 aliphatic rings. The van der Waals surface area contributed by atoms with Crippen molar-refractivity contribution in [3.63, 3.8) is 0 Å². The first-order chi connectivity index (χ1) is 12.6. The standard InChI is InChI=1S/C18H14N4O4/c19-13-5-3-12(4-6-13)17(23)21-20-14-7-9-15(10-8-14)22-26-18(24)16-2-1-11-25-16/h1-11,22H,19H2. The highest BCUT2D eigenvalue weighted by Gasteiger charge is 2.10. The molecule has 3 aromatic rings. The van der Waals surface area contributed by atoms with Crippen molar-refractivity contribution < 1.29 is 18.8 Å². The fourth-order valence-electron chi connectivity index (χ4n) is 1.93. The van der Waals surface area contributed by atoms with Crippen LogP contribution in [0.2, 0.25) is 0 Å². The second-order valence-electron chi connectivity index (χ2n) is 5.14. The molecule has 0 saturated carbocycles. The number of benzene rings is 2. The van der Waals surface area contributed by atoms with Gasteiger partial charge in [0.15, 0.2) is 0 Å². The zero-order valence-electron chi connectivity index (χ0n) is 13.5. The van der Waals surface area contributed by atoms with E-state index >= 15 is 0 Å². The molecule has 0 spiro atoms. The lowest BCUT2D eigenvalue weighted by Crippen LogP contribution is -2.09. The molecule has 0 saturated heterocycles. The second kappa shape index (κ2) is 7.75. The van der Waals surface area contributed by atoms with E-state index < -0.39 is 11.9 Å². The lowest BCUT2D eigenvalue weighted by molar-refractivity contribution is 0.0560. The van der Waals surface area contributed by atoms with Gasteiger partial charge in [-0.1, -0.05) is 0 Å². The van der Waals surface area contributed by atoms with Crippen molar-refractivity contribution in [1.82, 2.24) is 0 Å². The highest BCUT2D eigenvalue weighted by molar-refractivity contribution is 5.95. The Hall–Kier alpha value is -3.94. The largest absolute Gasteiger partial charge is 0.457 e. The van der Waals surface area contributed by atoms with E-state index in [1.54, 1.807) is 54.6 Å². The monoisotopic (exact) mass is 350 g/mol. The van der Waals surface area contributed by atoms with Gasteiger partial charge >= 0.3 is 5.97 Å². The number of nitrogens with two attached hydrogens (primary N) is 1. The molecule has 0 bridgehead atoms. The number of anilines is 2. The molecule has 8 heteroatoms. The molecule has 1 heterocycles. The van der Waals surface area contributed by atoms with Crippen molar-refractivity contribution in [2.45, 2.75) is 0 Å². The Morgan fingerprint density at radius 3 is 2.38 bits per heavy atom. The molecule has 0 atom stereocenters. The van der Waals surface area contributed by atoms with Gasteiger partial charge in [0.2, 0.25) is 5.76 Å². The minimum absolute atomic E-state index is 0.0871. The number of rotatable bonds is 5. The molecule has 0 unspecified atom stereocenters. The summed E-state index contributed by atoms with van der Waals surface area (Å²) in [6.07, 6.45) is 1.38. The van der Waals surface area contributed by atoms with Gasteiger partial charge in [-0.2, -0.15) is 0 Å².